The maximum atomic E-state index is 11.0. The summed E-state index contributed by atoms with van der Waals surface area (Å²) < 4.78 is 0. The highest BCUT2D eigenvalue weighted by atomic mass is 16.6. The molecule has 0 unspecified atom stereocenters. The van der Waals surface area contributed by atoms with Gasteiger partial charge in [0.15, 0.2) is 0 Å². The van der Waals surface area contributed by atoms with Gasteiger partial charge in [-0.15, -0.1) is 0 Å². The zero-order valence-corrected chi connectivity index (χ0v) is 12.8. The molecule has 1 aromatic carbocycles. The summed E-state index contributed by atoms with van der Waals surface area (Å²) in [6.07, 6.45) is 3.53. The molecule has 0 atom stereocenters. The number of hydrogen-bond donors (Lipinski definition) is 1. The Kier molecular flexibility index (Phi) is 6.14. The van der Waals surface area contributed by atoms with Crippen LogP contribution in [0.5, 0.6) is 0 Å². The van der Waals surface area contributed by atoms with Crippen LogP contribution in [0.1, 0.15) is 31.7 Å². The summed E-state index contributed by atoms with van der Waals surface area (Å²) in [4.78, 5) is 13.1. The minimum atomic E-state index is -0.281. The molecule has 1 saturated heterocycles. The van der Waals surface area contributed by atoms with Crippen molar-refractivity contribution in [2.75, 3.05) is 26.2 Å². The molecular formula is C16H25N3O2. The first kappa shape index (κ1) is 15.9. The highest BCUT2D eigenvalue weighted by Crippen LogP contribution is 2.23. The van der Waals surface area contributed by atoms with Crippen LogP contribution in [0.25, 0.3) is 0 Å². The third kappa shape index (κ3) is 4.79. The highest BCUT2D eigenvalue weighted by molar-refractivity contribution is 5.39. The molecule has 0 aromatic heterocycles. The second kappa shape index (κ2) is 8.10. The molecule has 21 heavy (non-hydrogen) atoms. The fourth-order valence-corrected chi connectivity index (χ4v) is 2.90. The van der Waals surface area contributed by atoms with E-state index >= 15 is 0 Å². The van der Waals surface area contributed by atoms with Crippen LogP contribution in [0, 0.1) is 16.0 Å². The molecule has 1 aliphatic rings. The number of benzene rings is 1. The van der Waals surface area contributed by atoms with E-state index in [1.807, 2.05) is 12.1 Å². The first-order chi connectivity index (χ1) is 10.2. The summed E-state index contributed by atoms with van der Waals surface area (Å²) in [6.45, 7) is 7.13. The second-order valence-electron chi connectivity index (χ2n) is 5.81. The number of nitro benzene ring substituents is 1. The Morgan fingerprint density at radius 1 is 1.33 bits per heavy atom. The summed E-state index contributed by atoms with van der Waals surface area (Å²) in [5.74, 6) is 0.749. The number of piperidine rings is 1. The van der Waals surface area contributed by atoms with Crippen LogP contribution in [-0.4, -0.2) is 36.0 Å². The van der Waals surface area contributed by atoms with Gasteiger partial charge < -0.3 is 5.32 Å². The summed E-state index contributed by atoms with van der Waals surface area (Å²) in [5.41, 5.74) is 1.06. The van der Waals surface area contributed by atoms with E-state index in [2.05, 4.69) is 17.1 Å². The Hall–Kier alpha value is -1.46. The van der Waals surface area contributed by atoms with Crippen LogP contribution in [-0.2, 0) is 6.54 Å². The van der Waals surface area contributed by atoms with Crippen LogP contribution in [0.2, 0.25) is 0 Å². The van der Waals surface area contributed by atoms with Crippen molar-refractivity contribution in [2.45, 2.75) is 32.7 Å². The van der Waals surface area contributed by atoms with Crippen LogP contribution in [0.15, 0.2) is 24.3 Å². The van der Waals surface area contributed by atoms with Crippen LogP contribution in [0.3, 0.4) is 0 Å². The van der Waals surface area contributed by atoms with Crippen LogP contribution < -0.4 is 5.32 Å². The Morgan fingerprint density at radius 2 is 2.05 bits per heavy atom. The molecule has 1 N–H and O–H groups in total. The van der Waals surface area contributed by atoms with E-state index in [-0.39, 0.29) is 10.6 Å². The summed E-state index contributed by atoms with van der Waals surface area (Å²) in [6, 6.07) is 7.07. The van der Waals surface area contributed by atoms with Gasteiger partial charge in [-0.05, 0) is 51.4 Å². The van der Waals surface area contributed by atoms with Gasteiger partial charge in [0, 0.05) is 18.2 Å². The maximum absolute atomic E-state index is 11.0. The number of para-hydroxylation sites is 1. The molecule has 5 nitrogen and oxygen atoms in total. The van der Waals surface area contributed by atoms with E-state index in [9.17, 15) is 10.1 Å². The molecular weight excluding hydrogens is 266 g/mol. The first-order valence-electron chi connectivity index (χ1n) is 7.86. The van der Waals surface area contributed by atoms with Gasteiger partial charge >= 0.3 is 0 Å². The van der Waals surface area contributed by atoms with Gasteiger partial charge in [0.2, 0.25) is 0 Å². The third-order valence-electron chi connectivity index (χ3n) is 4.15. The average molecular weight is 291 g/mol. The molecule has 0 radical (unpaired) electrons. The van der Waals surface area contributed by atoms with E-state index in [1.54, 1.807) is 12.1 Å². The standard InChI is InChI=1S/C16H25N3O2/c1-2-9-17-12-14-7-10-18(11-8-14)13-15-5-3-4-6-16(15)19(20)21/h3-6,14,17H,2,7-13H2,1H3. The molecule has 0 bridgehead atoms. The predicted octanol–water partition coefficient (Wildman–Crippen LogP) is 2.81. The van der Waals surface area contributed by atoms with E-state index in [4.69, 9.17) is 0 Å². The number of rotatable bonds is 7. The van der Waals surface area contributed by atoms with Crippen molar-refractivity contribution in [1.29, 1.82) is 0 Å². The lowest BCUT2D eigenvalue weighted by Crippen LogP contribution is -2.37. The van der Waals surface area contributed by atoms with Crippen LogP contribution >= 0.6 is 0 Å². The summed E-state index contributed by atoms with van der Waals surface area (Å²) in [7, 11) is 0. The number of likely N-dealkylation sites (tertiary alicyclic amines) is 1. The zero-order valence-electron chi connectivity index (χ0n) is 12.8. The smallest absolute Gasteiger partial charge is 0.273 e. The lowest BCUT2D eigenvalue weighted by atomic mass is 9.96. The SMILES string of the molecule is CCCNCC1CCN(Cc2ccccc2[N+](=O)[O-])CC1. The van der Waals surface area contributed by atoms with Gasteiger partial charge in [0.05, 0.1) is 4.92 Å². The molecule has 0 saturated carbocycles. The van der Waals surface area contributed by atoms with Gasteiger partial charge in [-0.2, -0.15) is 0 Å². The fourth-order valence-electron chi connectivity index (χ4n) is 2.90. The molecule has 0 amide bonds. The Bertz CT molecular complexity index is 457. The van der Waals surface area contributed by atoms with Crippen molar-refractivity contribution >= 4 is 5.69 Å². The second-order valence-corrected chi connectivity index (χ2v) is 5.81. The number of nitrogens with one attached hydrogen (secondary N) is 1. The molecule has 1 aliphatic heterocycles. The van der Waals surface area contributed by atoms with Gasteiger partial charge in [-0.1, -0.05) is 25.1 Å². The Balaban J connectivity index is 1.82. The van der Waals surface area contributed by atoms with Gasteiger partial charge in [-0.25, -0.2) is 0 Å². The average Bonchev–Trinajstić information content (AvgIpc) is 2.50. The van der Waals surface area contributed by atoms with Crippen molar-refractivity contribution in [3.05, 3.63) is 39.9 Å². The monoisotopic (exact) mass is 291 g/mol. The number of nitro groups is 1. The molecule has 1 fully saturated rings. The minimum absolute atomic E-state index is 0.240. The molecule has 0 aliphatic carbocycles. The zero-order chi connectivity index (χ0) is 15.1. The van der Waals surface area contributed by atoms with Crippen molar-refractivity contribution in [3.63, 3.8) is 0 Å². The van der Waals surface area contributed by atoms with E-state index in [0.717, 1.165) is 37.7 Å². The topological polar surface area (TPSA) is 58.4 Å². The summed E-state index contributed by atoms with van der Waals surface area (Å²) in [5, 5.41) is 14.5. The lowest BCUT2D eigenvalue weighted by molar-refractivity contribution is -0.385. The molecule has 5 heteroatoms. The van der Waals surface area contributed by atoms with Gasteiger partial charge in [-0.3, -0.25) is 15.0 Å². The number of nitrogens with zero attached hydrogens (tertiary/aromatic N) is 2. The van der Waals surface area contributed by atoms with Gasteiger partial charge in [0.25, 0.3) is 5.69 Å². The van der Waals surface area contributed by atoms with Crippen LogP contribution in [0.4, 0.5) is 5.69 Å². The lowest BCUT2D eigenvalue weighted by Gasteiger charge is -2.32. The number of hydrogen-bond acceptors (Lipinski definition) is 4. The normalized spacial score (nSPS) is 17.0. The first-order valence-corrected chi connectivity index (χ1v) is 7.86. The molecule has 2 rings (SSSR count). The predicted molar refractivity (Wildman–Crippen MR) is 84.3 cm³/mol. The summed E-state index contributed by atoms with van der Waals surface area (Å²) >= 11 is 0. The Morgan fingerprint density at radius 3 is 2.71 bits per heavy atom. The van der Waals surface area contributed by atoms with Crippen molar-refractivity contribution in [3.8, 4) is 0 Å². The molecule has 1 aromatic rings. The van der Waals surface area contributed by atoms with Gasteiger partial charge in [0.1, 0.15) is 0 Å². The quantitative estimate of drug-likeness (QED) is 0.477. The van der Waals surface area contributed by atoms with Crippen molar-refractivity contribution < 1.29 is 4.92 Å². The fraction of sp³-hybridized carbons (Fsp3) is 0.625. The maximum Gasteiger partial charge on any atom is 0.273 e. The molecule has 1 heterocycles. The van der Waals surface area contributed by atoms with Crippen molar-refractivity contribution in [1.82, 2.24) is 10.2 Å². The van der Waals surface area contributed by atoms with E-state index in [1.165, 1.54) is 19.3 Å². The van der Waals surface area contributed by atoms with E-state index in [0.29, 0.717) is 6.54 Å². The van der Waals surface area contributed by atoms with E-state index < -0.39 is 0 Å². The largest absolute Gasteiger partial charge is 0.316 e. The third-order valence-corrected chi connectivity index (χ3v) is 4.15. The Labute approximate surface area is 126 Å². The van der Waals surface area contributed by atoms with Crippen molar-refractivity contribution in [2.24, 2.45) is 5.92 Å². The molecule has 116 valence electrons. The minimum Gasteiger partial charge on any atom is -0.316 e. The highest BCUT2D eigenvalue weighted by Gasteiger charge is 2.21. The molecule has 0 spiro atoms.